The molecule has 0 saturated heterocycles. The van der Waals surface area contributed by atoms with Crippen LogP contribution in [0.4, 0.5) is 5.82 Å². The Bertz CT molecular complexity index is 795. The predicted molar refractivity (Wildman–Crippen MR) is 93.3 cm³/mol. The van der Waals surface area contributed by atoms with E-state index >= 15 is 0 Å². The number of hydrogen-bond acceptors (Lipinski definition) is 4. The highest BCUT2D eigenvalue weighted by Crippen LogP contribution is 2.29. The first kappa shape index (κ1) is 14.1. The van der Waals surface area contributed by atoms with Gasteiger partial charge in [-0.05, 0) is 43.2 Å². The van der Waals surface area contributed by atoms with Gasteiger partial charge in [-0.25, -0.2) is 4.98 Å². The van der Waals surface area contributed by atoms with Crippen LogP contribution in [0.2, 0.25) is 0 Å². The maximum absolute atomic E-state index is 4.89. The van der Waals surface area contributed by atoms with Crippen LogP contribution in [0.25, 0.3) is 22.2 Å². The summed E-state index contributed by atoms with van der Waals surface area (Å²) >= 11 is 0. The van der Waals surface area contributed by atoms with Crippen LogP contribution in [0.1, 0.15) is 32.1 Å². The first-order chi connectivity index (χ1) is 11.4. The third kappa shape index (κ3) is 3.02. The van der Waals surface area contributed by atoms with Crippen molar-refractivity contribution in [2.24, 2.45) is 0 Å². The molecule has 0 radical (unpaired) electrons. The van der Waals surface area contributed by atoms with Crippen LogP contribution in [-0.2, 0) is 0 Å². The second-order valence-corrected chi connectivity index (χ2v) is 6.14. The largest absolute Gasteiger partial charge is 0.367 e. The van der Waals surface area contributed by atoms with Gasteiger partial charge in [0.25, 0.3) is 0 Å². The lowest BCUT2D eigenvalue weighted by molar-refractivity contribution is 0.462. The molecule has 4 rings (SSSR count). The third-order valence-electron chi connectivity index (χ3n) is 4.52. The van der Waals surface area contributed by atoms with Gasteiger partial charge in [-0.15, -0.1) is 0 Å². The Morgan fingerprint density at radius 3 is 2.61 bits per heavy atom. The normalized spacial score (nSPS) is 15.7. The van der Waals surface area contributed by atoms with Crippen molar-refractivity contribution in [1.29, 1.82) is 0 Å². The molecule has 0 amide bonds. The first-order valence-electron chi connectivity index (χ1n) is 8.33. The molecule has 4 heteroatoms. The summed E-state index contributed by atoms with van der Waals surface area (Å²) in [7, 11) is 0. The lowest BCUT2D eigenvalue weighted by Gasteiger charge is -2.24. The van der Waals surface area contributed by atoms with Crippen molar-refractivity contribution in [3.8, 4) is 11.3 Å². The molecule has 0 bridgehead atoms. The van der Waals surface area contributed by atoms with Crippen molar-refractivity contribution in [2.75, 3.05) is 5.32 Å². The van der Waals surface area contributed by atoms with Gasteiger partial charge in [0.2, 0.25) is 0 Å². The molecular formula is C19H20N4. The first-order valence-corrected chi connectivity index (χ1v) is 8.33. The van der Waals surface area contributed by atoms with E-state index in [0.29, 0.717) is 6.04 Å². The third-order valence-corrected chi connectivity index (χ3v) is 4.52. The molecule has 3 aromatic heterocycles. The Hall–Kier alpha value is -2.49. The van der Waals surface area contributed by atoms with Gasteiger partial charge in [0.1, 0.15) is 5.82 Å². The molecule has 0 aromatic carbocycles. The summed E-state index contributed by atoms with van der Waals surface area (Å²) in [5.41, 5.74) is 2.99. The van der Waals surface area contributed by atoms with Crippen molar-refractivity contribution in [2.45, 2.75) is 38.1 Å². The summed E-state index contributed by atoms with van der Waals surface area (Å²) in [4.78, 5) is 13.5. The van der Waals surface area contributed by atoms with Gasteiger partial charge in [0.15, 0.2) is 0 Å². The summed E-state index contributed by atoms with van der Waals surface area (Å²) < 4.78 is 0. The fourth-order valence-electron chi connectivity index (χ4n) is 3.30. The zero-order chi connectivity index (χ0) is 15.5. The Morgan fingerprint density at radius 1 is 0.957 bits per heavy atom. The lowest BCUT2D eigenvalue weighted by atomic mass is 9.95. The minimum absolute atomic E-state index is 0.521. The fraction of sp³-hybridized carbons (Fsp3) is 0.316. The Balaban J connectivity index is 1.77. The summed E-state index contributed by atoms with van der Waals surface area (Å²) in [5.74, 6) is 0.953. The Morgan fingerprint density at radius 2 is 1.78 bits per heavy atom. The number of hydrogen-bond donors (Lipinski definition) is 1. The average molecular weight is 304 g/mol. The van der Waals surface area contributed by atoms with E-state index < -0.39 is 0 Å². The van der Waals surface area contributed by atoms with Crippen molar-refractivity contribution in [3.05, 3.63) is 48.9 Å². The number of nitrogens with zero attached hydrogens (tertiary/aromatic N) is 3. The van der Waals surface area contributed by atoms with Crippen molar-refractivity contribution < 1.29 is 0 Å². The van der Waals surface area contributed by atoms with Gasteiger partial charge in [-0.1, -0.05) is 19.3 Å². The summed E-state index contributed by atoms with van der Waals surface area (Å²) in [6.45, 7) is 0. The Kier molecular flexibility index (Phi) is 3.88. The van der Waals surface area contributed by atoms with Crippen LogP contribution in [-0.4, -0.2) is 21.0 Å². The van der Waals surface area contributed by atoms with Gasteiger partial charge >= 0.3 is 0 Å². The molecule has 1 aliphatic carbocycles. The van der Waals surface area contributed by atoms with E-state index in [0.717, 1.165) is 28.0 Å². The van der Waals surface area contributed by atoms with Crippen LogP contribution in [0.15, 0.2) is 48.9 Å². The monoisotopic (exact) mass is 304 g/mol. The van der Waals surface area contributed by atoms with Crippen LogP contribution in [0.5, 0.6) is 0 Å². The summed E-state index contributed by atoms with van der Waals surface area (Å²) in [5, 5.41) is 4.76. The number of nitrogens with one attached hydrogen (secondary N) is 1. The molecular weight excluding hydrogens is 284 g/mol. The van der Waals surface area contributed by atoms with E-state index in [1.807, 2.05) is 24.4 Å². The second kappa shape index (κ2) is 6.32. The molecule has 3 aromatic rings. The molecule has 1 aliphatic rings. The molecule has 0 unspecified atom stereocenters. The molecule has 0 atom stereocenters. The highest BCUT2D eigenvalue weighted by Gasteiger charge is 2.16. The number of aromatic nitrogens is 3. The van der Waals surface area contributed by atoms with Gasteiger partial charge in [-0.2, -0.15) is 0 Å². The highest BCUT2D eigenvalue weighted by molar-refractivity contribution is 5.92. The topological polar surface area (TPSA) is 50.7 Å². The standard InChI is InChI=1S/C19H20N4/c1-2-5-15(6-3-1)22-19-16-7-4-10-21-18(16)13-17(23-19)14-8-11-20-12-9-14/h4,7-13,15H,1-3,5-6H2,(H,22,23). The molecule has 0 spiro atoms. The van der Waals surface area contributed by atoms with Crippen LogP contribution in [0, 0.1) is 0 Å². The number of pyridine rings is 3. The van der Waals surface area contributed by atoms with E-state index in [4.69, 9.17) is 4.98 Å². The lowest BCUT2D eigenvalue weighted by Crippen LogP contribution is -2.23. The fourth-order valence-corrected chi connectivity index (χ4v) is 3.30. The molecule has 1 N–H and O–H groups in total. The van der Waals surface area contributed by atoms with Gasteiger partial charge in [0.05, 0.1) is 11.2 Å². The molecule has 0 aliphatic heterocycles. The van der Waals surface area contributed by atoms with Crippen molar-refractivity contribution >= 4 is 16.7 Å². The zero-order valence-corrected chi connectivity index (χ0v) is 13.1. The van der Waals surface area contributed by atoms with E-state index in [-0.39, 0.29) is 0 Å². The predicted octanol–water partition coefficient (Wildman–Crippen LogP) is 4.44. The van der Waals surface area contributed by atoms with Crippen molar-refractivity contribution in [1.82, 2.24) is 15.0 Å². The zero-order valence-electron chi connectivity index (χ0n) is 13.1. The van der Waals surface area contributed by atoms with Gasteiger partial charge in [-0.3, -0.25) is 9.97 Å². The molecule has 4 nitrogen and oxygen atoms in total. The average Bonchev–Trinajstić information content (AvgIpc) is 2.63. The molecule has 1 fully saturated rings. The number of rotatable bonds is 3. The van der Waals surface area contributed by atoms with E-state index in [1.54, 1.807) is 12.4 Å². The number of fused-ring (bicyclic) bond motifs is 1. The Labute approximate surface area is 136 Å². The maximum Gasteiger partial charge on any atom is 0.136 e. The second-order valence-electron chi connectivity index (χ2n) is 6.14. The van der Waals surface area contributed by atoms with Crippen molar-refractivity contribution in [3.63, 3.8) is 0 Å². The van der Waals surface area contributed by atoms with Gasteiger partial charge < -0.3 is 5.32 Å². The van der Waals surface area contributed by atoms with Gasteiger partial charge in [0, 0.05) is 35.6 Å². The molecule has 23 heavy (non-hydrogen) atoms. The van der Waals surface area contributed by atoms with Crippen LogP contribution < -0.4 is 5.32 Å². The summed E-state index contributed by atoms with van der Waals surface area (Å²) in [6, 6.07) is 10.6. The molecule has 116 valence electrons. The maximum atomic E-state index is 4.89. The van der Waals surface area contributed by atoms with E-state index in [1.165, 1.54) is 32.1 Å². The minimum atomic E-state index is 0.521. The van der Waals surface area contributed by atoms with Crippen LogP contribution >= 0.6 is 0 Å². The van der Waals surface area contributed by atoms with Crippen LogP contribution in [0.3, 0.4) is 0 Å². The minimum Gasteiger partial charge on any atom is -0.367 e. The SMILES string of the molecule is c1cnc2cc(-c3ccncc3)nc(NC3CCCCC3)c2c1. The number of anilines is 1. The summed E-state index contributed by atoms with van der Waals surface area (Å²) in [6.07, 6.45) is 11.8. The highest BCUT2D eigenvalue weighted by atomic mass is 15.0. The molecule has 1 saturated carbocycles. The smallest absolute Gasteiger partial charge is 0.136 e. The van der Waals surface area contributed by atoms with E-state index in [9.17, 15) is 0 Å². The quantitative estimate of drug-likeness (QED) is 0.777. The van der Waals surface area contributed by atoms with E-state index in [2.05, 4.69) is 27.4 Å². The molecule has 3 heterocycles.